The zero-order valence-corrected chi connectivity index (χ0v) is 11.9. The number of phenolic OH excluding ortho intramolecular Hbond substituents is 2. The van der Waals surface area contributed by atoms with Gasteiger partial charge < -0.3 is 20.1 Å². The van der Waals surface area contributed by atoms with Gasteiger partial charge in [-0.15, -0.1) is 0 Å². The molecule has 0 bridgehead atoms. The van der Waals surface area contributed by atoms with Crippen molar-refractivity contribution in [2.24, 2.45) is 0 Å². The SMILES string of the molecule is COc1cc2ccnc([C@@H](O)c3ccc(O)cc3)c2cc1O. The van der Waals surface area contributed by atoms with Crippen molar-refractivity contribution in [1.29, 1.82) is 0 Å². The van der Waals surface area contributed by atoms with E-state index in [1.807, 2.05) is 0 Å². The minimum atomic E-state index is -0.961. The first kappa shape index (κ1) is 14.2. The lowest BCUT2D eigenvalue weighted by Crippen LogP contribution is -2.03. The van der Waals surface area contributed by atoms with Crippen molar-refractivity contribution in [2.45, 2.75) is 6.10 Å². The van der Waals surface area contributed by atoms with Crippen molar-refractivity contribution in [2.75, 3.05) is 7.11 Å². The predicted octanol–water partition coefficient (Wildman–Crippen LogP) is 2.74. The molecule has 0 unspecified atom stereocenters. The van der Waals surface area contributed by atoms with E-state index in [-0.39, 0.29) is 11.5 Å². The average Bonchev–Trinajstić information content (AvgIpc) is 2.53. The van der Waals surface area contributed by atoms with Gasteiger partial charge in [0.05, 0.1) is 12.8 Å². The molecule has 1 aromatic heterocycles. The molecule has 1 heterocycles. The first-order chi connectivity index (χ1) is 10.6. The van der Waals surface area contributed by atoms with Crippen LogP contribution in [0.5, 0.6) is 17.2 Å². The van der Waals surface area contributed by atoms with Crippen LogP contribution >= 0.6 is 0 Å². The average molecular weight is 297 g/mol. The minimum absolute atomic E-state index is 0.0119. The summed E-state index contributed by atoms with van der Waals surface area (Å²) in [6.45, 7) is 0. The van der Waals surface area contributed by atoms with Crippen LogP contribution in [-0.4, -0.2) is 27.4 Å². The van der Waals surface area contributed by atoms with E-state index in [1.54, 1.807) is 30.5 Å². The van der Waals surface area contributed by atoms with E-state index >= 15 is 0 Å². The lowest BCUT2D eigenvalue weighted by Gasteiger charge is -2.14. The Morgan fingerprint density at radius 3 is 2.45 bits per heavy atom. The number of aromatic hydroxyl groups is 2. The van der Waals surface area contributed by atoms with Crippen LogP contribution in [0.3, 0.4) is 0 Å². The second-order valence-corrected chi connectivity index (χ2v) is 4.94. The Balaban J connectivity index is 2.14. The Morgan fingerprint density at radius 2 is 1.77 bits per heavy atom. The van der Waals surface area contributed by atoms with Crippen LogP contribution in [0.2, 0.25) is 0 Å². The van der Waals surface area contributed by atoms with Crippen molar-refractivity contribution in [3.8, 4) is 17.2 Å². The summed E-state index contributed by atoms with van der Waals surface area (Å²) in [6.07, 6.45) is 0.634. The highest BCUT2D eigenvalue weighted by Crippen LogP contribution is 2.35. The Labute approximate surface area is 127 Å². The standard InChI is InChI=1S/C17H15NO4/c1-22-15-8-11-6-7-18-16(13(11)9-14(15)20)17(21)10-2-4-12(19)5-3-10/h2-9,17,19-21H,1H3/t17-/m0/s1. The van der Waals surface area contributed by atoms with Gasteiger partial charge in [0.25, 0.3) is 0 Å². The molecule has 5 nitrogen and oxygen atoms in total. The molecule has 3 N–H and O–H groups in total. The third-order valence-electron chi connectivity index (χ3n) is 3.56. The maximum Gasteiger partial charge on any atom is 0.161 e. The van der Waals surface area contributed by atoms with E-state index in [1.165, 1.54) is 25.3 Å². The maximum absolute atomic E-state index is 10.5. The molecular formula is C17H15NO4. The van der Waals surface area contributed by atoms with Crippen molar-refractivity contribution in [3.63, 3.8) is 0 Å². The largest absolute Gasteiger partial charge is 0.508 e. The van der Waals surface area contributed by atoms with Gasteiger partial charge in [-0.25, -0.2) is 0 Å². The van der Waals surface area contributed by atoms with Gasteiger partial charge in [-0.2, -0.15) is 0 Å². The summed E-state index contributed by atoms with van der Waals surface area (Å²) in [6, 6.07) is 11.3. The molecular weight excluding hydrogens is 282 g/mol. The molecule has 3 aromatic rings. The van der Waals surface area contributed by atoms with Gasteiger partial charge in [0.2, 0.25) is 0 Å². The van der Waals surface area contributed by atoms with Crippen molar-refractivity contribution < 1.29 is 20.1 Å². The molecule has 0 radical (unpaired) electrons. The molecule has 3 rings (SSSR count). The molecule has 0 spiro atoms. The number of nitrogens with zero attached hydrogens (tertiary/aromatic N) is 1. The molecule has 0 saturated carbocycles. The van der Waals surface area contributed by atoms with Gasteiger partial charge in [-0.1, -0.05) is 12.1 Å². The van der Waals surface area contributed by atoms with Gasteiger partial charge in [0.15, 0.2) is 11.5 Å². The predicted molar refractivity (Wildman–Crippen MR) is 82.1 cm³/mol. The van der Waals surface area contributed by atoms with E-state index in [0.29, 0.717) is 22.4 Å². The van der Waals surface area contributed by atoms with Crippen LogP contribution in [0.4, 0.5) is 0 Å². The number of aromatic nitrogens is 1. The summed E-state index contributed by atoms with van der Waals surface area (Å²) < 4.78 is 5.09. The van der Waals surface area contributed by atoms with Crippen LogP contribution < -0.4 is 4.74 Å². The fourth-order valence-electron chi connectivity index (χ4n) is 2.41. The molecule has 0 aliphatic carbocycles. The smallest absolute Gasteiger partial charge is 0.161 e. The third-order valence-corrected chi connectivity index (χ3v) is 3.56. The number of phenols is 2. The topological polar surface area (TPSA) is 82.8 Å². The Morgan fingerprint density at radius 1 is 1.05 bits per heavy atom. The molecule has 1 atom stereocenters. The third kappa shape index (κ3) is 2.42. The monoisotopic (exact) mass is 297 g/mol. The number of methoxy groups -OCH3 is 1. The summed E-state index contributed by atoms with van der Waals surface area (Å²) in [5.41, 5.74) is 1.04. The van der Waals surface area contributed by atoms with Gasteiger partial charge in [-0.05, 0) is 41.3 Å². The summed E-state index contributed by atoms with van der Waals surface area (Å²) in [7, 11) is 1.48. The van der Waals surface area contributed by atoms with Crippen LogP contribution in [0, 0.1) is 0 Å². The fraction of sp³-hybridized carbons (Fsp3) is 0.118. The first-order valence-electron chi connectivity index (χ1n) is 6.73. The van der Waals surface area contributed by atoms with Crippen LogP contribution in [0.1, 0.15) is 17.4 Å². The van der Waals surface area contributed by atoms with Crippen molar-refractivity contribution in [3.05, 3.63) is 59.9 Å². The summed E-state index contributed by atoms with van der Waals surface area (Å²) in [5, 5.41) is 31.3. The fourth-order valence-corrected chi connectivity index (χ4v) is 2.41. The van der Waals surface area contributed by atoms with Crippen molar-refractivity contribution in [1.82, 2.24) is 4.98 Å². The maximum atomic E-state index is 10.5. The number of aliphatic hydroxyl groups excluding tert-OH is 1. The van der Waals surface area contributed by atoms with Crippen molar-refractivity contribution >= 4 is 10.8 Å². The van der Waals surface area contributed by atoms with Crippen LogP contribution in [0.15, 0.2) is 48.7 Å². The molecule has 112 valence electrons. The number of pyridine rings is 1. The van der Waals surface area contributed by atoms with E-state index in [2.05, 4.69) is 4.98 Å². The highest BCUT2D eigenvalue weighted by Gasteiger charge is 2.17. The van der Waals surface area contributed by atoms with E-state index in [9.17, 15) is 15.3 Å². The second-order valence-electron chi connectivity index (χ2n) is 4.94. The molecule has 2 aromatic carbocycles. The summed E-state index contributed by atoms with van der Waals surface area (Å²) >= 11 is 0. The number of hydrogen-bond acceptors (Lipinski definition) is 5. The Kier molecular flexibility index (Phi) is 3.56. The van der Waals surface area contributed by atoms with E-state index < -0.39 is 6.10 Å². The minimum Gasteiger partial charge on any atom is -0.508 e. The molecule has 5 heteroatoms. The van der Waals surface area contributed by atoms with E-state index in [0.717, 1.165) is 5.39 Å². The second kappa shape index (κ2) is 5.54. The van der Waals surface area contributed by atoms with Gasteiger partial charge in [0.1, 0.15) is 11.9 Å². The lowest BCUT2D eigenvalue weighted by molar-refractivity contribution is 0.217. The molecule has 0 saturated heterocycles. The number of aliphatic hydroxyl groups is 1. The normalized spacial score (nSPS) is 12.3. The highest BCUT2D eigenvalue weighted by molar-refractivity contribution is 5.88. The van der Waals surface area contributed by atoms with Gasteiger partial charge in [-0.3, -0.25) is 4.98 Å². The Hall–Kier alpha value is -2.79. The van der Waals surface area contributed by atoms with Gasteiger partial charge >= 0.3 is 0 Å². The summed E-state index contributed by atoms with van der Waals surface area (Å²) in [4.78, 5) is 4.24. The number of fused-ring (bicyclic) bond motifs is 1. The summed E-state index contributed by atoms with van der Waals surface area (Å²) in [5.74, 6) is 0.482. The molecule has 0 aliphatic rings. The molecule has 0 fully saturated rings. The van der Waals surface area contributed by atoms with Crippen LogP contribution in [0.25, 0.3) is 10.8 Å². The first-order valence-corrected chi connectivity index (χ1v) is 6.73. The number of hydrogen-bond donors (Lipinski definition) is 3. The zero-order chi connectivity index (χ0) is 15.7. The highest BCUT2D eigenvalue weighted by atomic mass is 16.5. The van der Waals surface area contributed by atoms with Crippen LogP contribution in [-0.2, 0) is 0 Å². The quantitative estimate of drug-likeness (QED) is 0.692. The molecule has 22 heavy (non-hydrogen) atoms. The zero-order valence-electron chi connectivity index (χ0n) is 11.9. The number of ether oxygens (including phenoxy) is 1. The number of benzene rings is 2. The Bertz CT molecular complexity index is 815. The van der Waals surface area contributed by atoms with E-state index in [4.69, 9.17) is 4.74 Å². The molecule has 0 aliphatic heterocycles. The number of rotatable bonds is 3. The molecule has 0 amide bonds. The lowest BCUT2D eigenvalue weighted by atomic mass is 10.0. The van der Waals surface area contributed by atoms with Gasteiger partial charge in [0, 0.05) is 11.6 Å².